The molecule has 0 bridgehead atoms. The smallest absolute Gasteiger partial charge is 0.169 e. The summed E-state index contributed by atoms with van der Waals surface area (Å²) in [6.07, 6.45) is 6.83. The summed E-state index contributed by atoms with van der Waals surface area (Å²) in [5.41, 5.74) is 0. The first-order valence-electron chi connectivity index (χ1n) is 7.23. The maximum absolute atomic E-state index is 5.58. The second-order valence-corrected chi connectivity index (χ2v) is 6.11. The van der Waals surface area contributed by atoms with Crippen LogP contribution in [0, 0.1) is 5.92 Å². The van der Waals surface area contributed by atoms with E-state index in [9.17, 15) is 0 Å². The van der Waals surface area contributed by atoms with Crippen molar-refractivity contribution in [2.75, 3.05) is 6.54 Å². The van der Waals surface area contributed by atoms with E-state index < -0.39 is 0 Å². The Kier molecular flexibility index (Phi) is 5.25. The van der Waals surface area contributed by atoms with E-state index in [1.54, 1.807) is 6.26 Å². The fourth-order valence-electron chi connectivity index (χ4n) is 2.55. The second-order valence-electron chi connectivity index (χ2n) is 5.73. The van der Waals surface area contributed by atoms with Gasteiger partial charge >= 0.3 is 0 Å². The van der Waals surface area contributed by atoms with Crippen LogP contribution in [-0.2, 0) is 6.54 Å². The summed E-state index contributed by atoms with van der Waals surface area (Å²) in [6.45, 7) is 6.10. The quantitative estimate of drug-likeness (QED) is 0.835. The third kappa shape index (κ3) is 4.23. The summed E-state index contributed by atoms with van der Waals surface area (Å²) in [5, 5.41) is 4.26. The van der Waals surface area contributed by atoms with Crippen LogP contribution >= 0.6 is 12.2 Å². The van der Waals surface area contributed by atoms with Crippen molar-refractivity contribution in [1.82, 2.24) is 10.2 Å². The van der Waals surface area contributed by atoms with Crippen molar-refractivity contribution in [1.29, 1.82) is 0 Å². The summed E-state index contributed by atoms with van der Waals surface area (Å²) in [5.74, 6) is 1.59. The molecule has 1 aromatic heterocycles. The molecule has 0 aromatic carbocycles. The van der Waals surface area contributed by atoms with Gasteiger partial charge in [-0.15, -0.1) is 0 Å². The first-order valence-corrected chi connectivity index (χ1v) is 7.64. The highest BCUT2D eigenvalue weighted by molar-refractivity contribution is 7.80. The van der Waals surface area contributed by atoms with E-state index in [0.717, 1.165) is 24.0 Å². The number of furan rings is 1. The van der Waals surface area contributed by atoms with Crippen molar-refractivity contribution in [2.24, 2.45) is 5.92 Å². The molecule has 1 N–H and O–H groups in total. The Morgan fingerprint density at radius 2 is 2.21 bits per heavy atom. The lowest BCUT2D eigenvalue weighted by Crippen LogP contribution is -2.45. The van der Waals surface area contributed by atoms with Gasteiger partial charge in [-0.3, -0.25) is 0 Å². The van der Waals surface area contributed by atoms with E-state index in [-0.39, 0.29) is 0 Å². The number of hydrogen-bond acceptors (Lipinski definition) is 2. The van der Waals surface area contributed by atoms with Gasteiger partial charge in [0, 0.05) is 12.6 Å². The second kappa shape index (κ2) is 6.94. The summed E-state index contributed by atoms with van der Waals surface area (Å²) in [4.78, 5) is 2.31. The van der Waals surface area contributed by atoms with Crippen LogP contribution in [-0.4, -0.2) is 22.6 Å². The highest BCUT2D eigenvalue weighted by Crippen LogP contribution is 2.25. The lowest BCUT2D eigenvalue weighted by Gasteiger charge is -2.31. The van der Waals surface area contributed by atoms with Crippen LogP contribution in [0.25, 0.3) is 0 Å². The van der Waals surface area contributed by atoms with Gasteiger partial charge in [-0.2, -0.15) is 0 Å². The third-order valence-corrected chi connectivity index (χ3v) is 3.97. The molecule has 0 amide bonds. The number of nitrogens with one attached hydrogen (secondary N) is 1. The molecular formula is C15H24N2OS. The molecule has 4 heteroatoms. The lowest BCUT2D eigenvalue weighted by molar-refractivity contribution is 0.278. The van der Waals surface area contributed by atoms with Gasteiger partial charge in [0.25, 0.3) is 0 Å². The molecule has 1 heterocycles. The van der Waals surface area contributed by atoms with Gasteiger partial charge in [0.2, 0.25) is 0 Å². The van der Waals surface area contributed by atoms with Crippen molar-refractivity contribution in [3.63, 3.8) is 0 Å². The average molecular weight is 280 g/mol. The van der Waals surface area contributed by atoms with Crippen LogP contribution in [0.1, 0.15) is 45.3 Å². The summed E-state index contributed by atoms with van der Waals surface area (Å²) >= 11 is 5.58. The minimum atomic E-state index is 0.567. The Labute approximate surface area is 121 Å². The number of nitrogens with zero attached hydrogens (tertiary/aromatic N) is 1. The van der Waals surface area contributed by atoms with E-state index in [4.69, 9.17) is 16.6 Å². The topological polar surface area (TPSA) is 28.4 Å². The van der Waals surface area contributed by atoms with Gasteiger partial charge in [0.15, 0.2) is 5.11 Å². The van der Waals surface area contributed by atoms with Crippen LogP contribution in [0.3, 0.4) is 0 Å². The van der Waals surface area contributed by atoms with Crippen LogP contribution < -0.4 is 5.32 Å². The molecule has 1 aliphatic rings. The molecule has 1 fully saturated rings. The highest BCUT2D eigenvalue weighted by Gasteiger charge is 2.25. The summed E-state index contributed by atoms with van der Waals surface area (Å²) in [6, 6.07) is 4.53. The Balaban J connectivity index is 1.98. The predicted molar refractivity (Wildman–Crippen MR) is 81.9 cm³/mol. The Hall–Kier alpha value is -1.03. The molecule has 3 nitrogen and oxygen atoms in total. The lowest BCUT2D eigenvalue weighted by atomic mass is 10.2. The van der Waals surface area contributed by atoms with Crippen molar-refractivity contribution in [3.05, 3.63) is 24.2 Å². The molecule has 0 saturated heterocycles. The zero-order chi connectivity index (χ0) is 13.7. The van der Waals surface area contributed by atoms with Crippen LogP contribution in [0.2, 0.25) is 0 Å². The molecule has 1 aliphatic carbocycles. The van der Waals surface area contributed by atoms with Gasteiger partial charge in [0.1, 0.15) is 5.76 Å². The Bertz CT molecular complexity index is 383. The molecule has 19 heavy (non-hydrogen) atoms. The average Bonchev–Trinajstić information content (AvgIpc) is 3.05. The van der Waals surface area contributed by atoms with Gasteiger partial charge in [0.05, 0.1) is 12.8 Å². The molecule has 1 aromatic rings. The monoisotopic (exact) mass is 280 g/mol. The van der Waals surface area contributed by atoms with E-state index in [1.165, 1.54) is 25.7 Å². The third-order valence-electron chi connectivity index (χ3n) is 3.59. The van der Waals surface area contributed by atoms with Gasteiger partial charge in [-0.05, 0) is 43.1 Å². The van der Waals surface area contributed by atoms with Crippen molar-refractivity contribution >= 4 is 17.3 Å². The largest absolute Gasteiger partial charge is 0.467 e. The van der Waals surface area contributed by atoms with Crippen LogP contribution in [0.15, 0.2) is 22.8 Å². The highest BCUT2D eigenvalue weighted by atomic mass is 32.1. The Morgan fingerprint density at radius 1 is 1.47 bits per heavy atom. The molecule has 0 atom stereocenters. The first kappa shape index (κ1) is 14.4. The van der Waals surface area contributed by atoms with Crippen molar-refractivity contribution < 1.29 is 4.42 Å². The maximum atomic E-state index is 5.58. The van der Waals surface area contributed by atoms with Crippen LogP contribution in [0.5, 0.6) is 0 Å². The normalized spacial score (nSPS) is 15.9. The zero-order valence-corrected chi connectivity index (χ0v) is 12.7. The van der Waals surface area contributed by atoms with E-state index >= 15 is 0 Å². The molecule has 0 aliphatic heterocycles. The minimum absolute atomic E-state index is 0.567. The summed E-state index contributed by atoms with van der Waals surface area (Å²) < 4.78 is 5.47. The maximum Gasteiger partial charge on any atom is 0.169 e. The first-order chi connectivity index (χ1) is 9.16. The SMILES string of the molecule is CC(C)CNC(=S)N(Cc1ccco1)C1CCCC1. The Morgan fingerprint density at radius 3 is 2.79 bits per heavy atom. The molecule has 0 spiro atoms. The van der Waals surface area contributed by atoms with Gasteiger partial charge in [-0.1, -0.05) is 26.7 Å². The minimum Gasteiger partial charge on any atom is -0.467 e. The van der Waals surface area contributed by atoms with Crippen LogP contribution in [0.4, 0.5) is 0 Å². The molecule has 2 rings (SSSR count). The number of rotatable bonds is 5. The van der Waals surface area contributed by atoms with Crippen molar-refractivity contribution in [3.8, 4) is 0 Å². The van der Waals surface area contributed by atoms with E-state index in [1.807, 2.05) is 12.1 Å². The zero-order valence-electron chi connectivity index (χ0n) is 11.9. The molecule has 0 radical (unpaired) electrons. The standard InChI is InChI=1S/C15H24N2OS/c1-12(2)10-16-15(19)17(13-6-3-4-7-13)11-14-8-5-9-18-14/h5,8-9,12-13H,3-4,6-7,10-11H2,1-2H3,(H,16,19). The molecule has 0 unspecified atom stereocenters. The van der Waals surface area contributed by atoms with E-state index in [2.05, 4.69) is 24.1 Å². The summed E-state index contributed by atoms with van der Waals surface area (Å²) in [7, 11) is 0. The van der Waals surface area contributed by atoms with Gasteiger partial charge in [-0.25, -0.2) is 0 Å². The molecule has 106 valence electrons. The predicted octanol–water partition coefficient (Wildman–Crippen LogP) is 3.55. The van der Waals surface area contributed by atoms with Gasteiger partial charge < -0.3 is 14.6 Å². The molecular weight excluding hydrogens is 256 g/mol. The van der Waals surface area contributed by atoms with Crippen molar-refractivity contribution in [2.45, 2.75) is 52.1 Å². The molecule has 1 saturated carbocycles. The number of hydrogen-bond donors (Lipinski definition) is 1. The fraction of sp³-hybridized carbons (Fsp3) is 0.667. The number of thiocarbonyl (C=S) groups is 1. The fourth-order valence-corrected chi connectivity index (χ4v) is 2.84. The van der Waals surface area contributed by atoms with E-state index in [0.29, 0.717) is 12.0 Å².